The standard InChI is InChI=1S/C22H33N3O2/c1-2-21(26)24-15-11-20(12-16-24)25-14-6-9-19(17-25)22(27)23-13-10-18-7-4-3-5-8-18/h3-5,7-8,19-20H,2,6,9-17H2,1H3,(H,23,27). The van der Waals surface area contributed by atoms with Crippen LogP contribution in [0, 0.1) is 5.92 Å². The molecule has 2 fully saturated rings. The van der Waals surface area contributed by atoms with Crippen molar-refractivity contribution >= 4 is 11.8 Å². The Hall–Kier alpha value is -1.88. The van der Waals surface area contributed by atoms with E-state index in [4.69, 9.17) is 0 Å². The molecule has 3 rings (SSSR count). The molecule has 0 saturated carbocycles. The number of nitrogens with one attached hydrogen (secondary N) is 1. The fourth-order valence-electron chi connectivity index (χ4n) is 4.38. The van der Waals surface area contributed by atoms with Crippen molar-refractivity contribution in [1.29, 1.82) is 0 Å². The van der Waals surface area contributed by atoms with E-state index in [-0.39, 0.29) is 17.7 Å². The van der Waals surface area contributed by atoms with Crippen LogP contribution in [0.5, 0.6) is 0 Å². The van der Waals surface area contributed by atoms with Crippen molar-refractivity contribution in [2.75, 3.05) is 32.7 Å². The summed E-state index contributed by atoms with van der Waals surface area (Å²) in [6.45, 7) is 6.31. The highest BCUT2D eigenvalue weighted by atomic mass is 16.2. The zero-order valence-electron chi connectivity index (χ0n) is 16.5. The molecule has 1 unspecified atom stereocenters. The molecule has 0 bridgehead atoms. The fraction of sp³-hybridized carbons (Fsp3) is 0.636. The normalized spacial score (nSPS) is 21.8. The SMILES string of the molecule is CCC(=O)N1CCC(N2CCCC(C(=O)NCCc3ccccc3)C2)CC1. The molecular formula is C22H33N3O2. The Bertz CT molecular complexity index is 611. The largest absolute Gasteiger partial charge is 0.355 e. The summed E-state index contributed by atoms with van der Waals surface area (Å²) in [6.07, 6.45) is 5.63. The average Bonchev–Trinajstić information content (AvgIpc) is 2.74. The van der Waals surface area contributed by atoms with Crippen molar-refractivity contribution in [3.05, 3.63) is 35.9 Å². The molecule has 1 N–H and O–H groups in total. The Morgan fingerprint density at radius 2 is 1.81 bits per heavy atom. The van der Waals surface area contributed by atoms with Gasteiger partial charge < -0.3 is 10.2 Å². The van der Waals surface area contributed by atoms with Crippen LogP contribution < -0.4 is 5.32 Å². The maximum Gasteiger partial charge on any atom is 0.224 e. The molecular weight excluding hydrogens is 338 g/mol. The van der Waals surface area contributed by atoms with E-state index >= 15 is 0 Å². The number of carbonyl (C=O) groups is 2. The number of nitrogens with zero attached hydrogens (tertiary/aromatic N) is 2. The average molecular weight is 372 g/mol. The Morgan fingerprint density at radius 1 is 1.07 bits per heavy atom. The highest BCUT2D eigenvalue weighted by Gasteiger charge is 2.32. The molecule has 1 atom stereocenters. The van der Waals surface area contributed by atoms with Crippen LogP contribution in [0.2, 0.25) is 0 Å². The smallest absolute Gasteiger partial charge is 0.224 e. The van der Waals surface area contributed by atoms with Gasteiger partial charge in [-0.05, 0) is 44.2 Å². The lowest BCUT2D eigenvalue weighted by atomic mass is 9.93. The van der Waals surface area contributed by atoms with Crippen molar-refractivity contribution in [2.24, 2.45) is 5.92 Å². The zero-order valence-corrected chi connectivity index (χ0v) is 16.5. The van der Waals surface area contributed by atoms with Gasteiger partial charge >= 0.3 is 0 Å². The van der Waals surface area contributed by atoms with Gasteiger partial charge in [-0.3, -0.25) is 14.5 Å². The lowest BCUT2D eigenvalue weighted by Gasteiger charge is -2.42. The number of rotatable bonds is 6. The van der Waals surface area contributed by atoms with Crippen molar-refractivity contribution in [2.45, 2.75) is 51.5 Å². The third kappa shape index (κ3) is 5.55. The Kier molecular flexibility index (Phi) is 7.27. The van der Waals surface area contributed by atoms with E-state index in [2.05, 4.69) is 22.3 Å². The van der Waals surface area contributed by atoms with Gasteiger partial charge in [-0.25, -0.2) is 0 Å². The topological polar surface area (TPSA) is 52.7 Å². The highest BCUT2D eigenvalue weighted by molar-refractivity contribution is 5.79. The molecule has 0 aromatic heterocycles. The van der Waals surface area contributed by atoms with Crippen molar-refractivity contribution < 1.29 is 9.59 Å². The van der Waals surface area contributed by atoms with Crippen LogP contribution in [0.1, 0.15) is 44.6 Å². The van der Waals surface area contributed by atoms with Crippen molar-refractivity contribution in [1.82, 2.24) is 15.1 Å². The summed E-state index contributed by atoms with van der Waals surface area (Å²) in [6, 6.07) is 10.8. The predicted octanol–water partition coefficient (Wildman–Crippen LogP) is 2.46. The van der Waals surface area contributed by atoms with Gasteiger partial charge in [0.1, 0.15) is 0 Å². The van der Waals surface area contributed by atoms with Gasteiger partial charge in [-0.15, -0.1) is 0 Å². The minimum absolute atomic E-state index is 0.102. The molecule has 0 aliphatic carbocycles. The summed E-state index contributed by atoms with van der Waals surface area (Å²) in [7, 11) is 0. The molecule has 5 heteroatoms. The molecule has 2 heterocycles. The van der Waals surface area contributed by atoms with Crippen molar-refractivity contribution in [3.63, 3.8) is 0 Å². The second-order valence-electron chi connectivity index (χ2n) is 7.83. The summed E-state index contributed by atoms with van der Waals surface area (Å²) in [4.78, 5) is 29.0. The molecule has 0 radical (unpaired) electrons. The summed E-state index contributed by atoms with van der Waals surface area (Å²) < 4.78 is 0. The lowest BCUT2D eigenvalue weighted by molar-refractivity contribution is -0.132. The van der Waals surface area contributed by atoms with Crippen LogP contribution >= 0.6 is 0 Å². The summed E-state index contributed by atoms with van der Waals surface area (Å²) >= 11 is 0. The fourth-order valence-corrected chi connectivity index (χ4v) is 4.38. The number of likely N-dealkylation sites (tertiary alicyclic amines) is 2. The first-order valence-corrected chi connectivity index (χ1v) is 10.5. The van der Waals surface area contributed by atoms with Gasteiger partial charge in [0.25, 0.3) is 0 Å². The van der Waals surface area contributed by atoms with E-state index in [0.29, 0.717) is 19.0 Å². The third-order valence-corrected chi connectivity index (χ3v) is 6.02. The third-order valence-electron chi connectivity index (χ3n) is 6.02. The van der Waals surface area contributed by atoms with Crippen LogP contribution in [-0.2, 0) is 16.0 Å². The number of carbonyl (C=O) groups excluding carboxylic acids is 2. The van der Waals surface area contributed by atoms with E-state index in [9.17, 15) is 9.59 Å². The zero-order chi connectivity index (χ0) is 19.1. The number of piperidine rings is 2. The quantitative estimate of drug-likeness (QED) is 0.836. The summed E-state index contributed by atoms with van der Waals surface area (Å²) in [5.41, 5.74) is 1.26. The molecule has 5 nitrogen and oxygen atoms in total. The van der Waals surface area contributed by atoms with Gasteiger partial charge in [-0.1, -0.05) is 37.3 Å². The van der Waals surface area contributed by atoms with Gasteiger partial charge in [-0.2, -0.15) is 0 Å². The maximum atomic E-state index is 12.6. The lowest BCUT2D eigenvalue weighted by Crippen LogP contribution is -2.51. The van der Waals surface area contributed by atoms with Gasteiger partial charge in [0.15, 0.2) is 0 Å². The monoisotopic (exact) mass is 371 g/mol. The Morgan fingerprint density at radius 3 is 2.52 bits per heavy atom. The first kappa shape index (κ1) is 19.9. The molecule has 148 valence electrons. The van der Waals surface area contributed by atoms with E-state index in [1.54, 1.807) is 0 Å². The summed E-state index contributed by atoms with van der Waals surface area (Å²) in [5, 5.41) is 3.14. The molecule has 2 aliphatic heterocycles. The Labute approximate surface area is 163 Å². The molecule has 27 heavy (non-hydrogen) atoms. The van der Waals surface area contributed by atoms with E-state index in [1.807, 2.05) is 30.0 Å². The van der Waals surface area contributed by atoms with Crippen molar-refractivity contribution in [3.8, 4) is 0 Å². The van der Waals surface area contributed by atoms with Gasteiger partial charge in [0, 0.05) is 38.6 Å². The van der Waals surface area contributed by atoms with Crippen LogP contribution in [-0.4, -0.2) is 60.4 Å². The highest BCUT2D eigenvalue weighted by Crippen LogP contribution is 2.24. The van der Waals surface area contributed by atoms with Crippen LogP contribution in [0.3, 0.4) is 0 Å². The van der Waals surface area contributed by atoms with Crippen LogP contribution in [0.25, 0.3) is 0 Å². The molecule has 1 aromatic rings. The first-order valence-electron chi connectivity index (χ1n) is 10.5. The predicted molar refractivity (Wildman–Crippen MR) is 107 cm³/mol. The van der Waals surface area contributed by atoms with Crippen LogP contribution in [0.4, 0.5) is 0 Å². The second kappa shape index (κ2) is 9.88. The second-order valence-corrected chi connectivity index (χ2v) is 7.83. The van der Waals surface area contributed by atoms with E-state index in [0.717, 1.165) is 58.3 Å². The Balaban J connectivity index is 1.42. The van der Waals surface area contributed by atoms with E-state index < -0.39 is 0 Å². The molecule has 2 saturated heterocycles. The molecule has 0 spiro atoms. The van der Waals surface area contributed by atoms with E-state index in [1.165, 1.54) is 5.56 Å². The molecule has 2 amide bonds. The van der Waals surface area contributed by atoms with Gasteiger partial charge in [0.2, 0.25) is 11.8 Å². The number of hydrogen-bond donors (Lipinski definition) is 1. The number of hydrogen-bond acceptors (Lipinski definition) is 3. The molecule has 2 aliphatic rings. The molecule has 1 aromatic carbocycles. The van der Waals surface area contributed by atoms with Crippen LogP contribution in [0.15, 0.2) is 30.3 Å². The maximum absolute atomic E-state index is 12.6. The summed E-state index contributed by atoms with van der Waals surface area (Å²) in [5.74, 6) is 0.571. The number of amides is 2. The number of benzene rings is 1. The minimum atomic E-state index is 0.102. The first-order chi connectivity index (χ1) is 13.2. The van der Waals surface area contributed by atoms with Gasteiger partial charge in [0.05, 0.1) is 5.92 Å². The minimum Gasteiger partial charge on any atom is -0.355 e.